The highest BCUT2D eigenvalue weighted by molar-refractivity contribution is 7.91. The lowest BCUT2D eigenvalue weighted by Crippen LogP contribution is -2.28. The molecule has 1 aliphatic carbocycles. The van der Waals surface area contributed by atoms with Crippen molar-refractivity contribution in [2.24, 2.45) is 11.8 Å². The highest BCUT2D eigenvalue weighted by atomic mass is 32.2. The first-order chi connectivity index (χ1) is 15.3. The van der Waals surface area contributed by atoms with E-state index in [1.807, 2.05) is 37.3 Å². The van der Waals surface area contributed by atoms with Crippen molar-refractivity contribution in [2.45, 2.75) is 32.1 Å². The summed E-state index contributed by atoms with van der Waals surface area (Å²) in [4.78, 5) is 13.0. The second-order valence-corrected chi connectivity index (χ2v) is 10.1. The monoisotopic (exact) mass is 447 g/mol. The summed E-state index contributed by atoms with van der Waals surface area (Å²) in [5.41, 5.74) is 3.07. The molecule has 1 fully saturated rings. The minimum Gasteiger partial charge on any atom is -0.311 e. The van der Waals surface area contributed by atoms with Crippen molar-refractivity contribution in [1.82, 2.24) is 4.57 Å². The lowest BCUT2D eigenvalue weighted by molar-refractivity contribution is 0.552. The minimum absolute atomic E-state index is 0.0795. The van der Waals surface area contributed by atoms with Crippen molar-refractivity contribution in [1.29, 1.82) is 5.26 Å². The summed E-state index contributed by atoms with van der Waals surface area (Å²) < 4.78 is 29.3. The van der Waals surface area contributed by atoms with Gasteiger partial charge in [-0.3, -0.25) is 9.52 Å². The summed E-state index contributed by atoms with van der Waals surface area (Å²) in [5, 5.41) is 8.92. The lowest BCUT2D eigenvalue weighted by Gasteiger charge is -2.13. The average Bonchev–Trinajstić information content (AvgIpc) is 3.51. The molecule has 0 spiro atoms. The van der Waals surface area contributed by atoms with Gasteiger partial charge in [-0.05, 0) is 67.0 Å². The van der Waals surface area contributed by atoms with Crippen LogP contribution in [0.5, 0.6) is 0 Å². The van der Waals surface area contributed by atoms with Crippen LogP contribution in [0.1, 0.15) is 28.8 Å². The Bertz CT molecular complexity index is 1310. The maximum atomic E-state index is 13.0. The van der Waals surface area contributed by atoms with Crippen LogP contribution < -0.4 is 10.3 Å². The van der Waals surface area contributed by atoms with Gasteiger partial charge in [0.1, 0.15) is 5.69 Å². The molecule has 164 valence electrons. The fourth-order valence-corrected chi connectivity index (χ4v) is 5.20. The molecule has 2 atom stereocenters. The molecule has 6 nitrogen and oxygen atoms in total. The van der Waals surface area contributed by atoms with Gasteiger partial charge in [0, 0.05) is 12.2 Å². The SMILES string of the molecule is Cc1ccc(NS(=O)(=O)Cc2ccccc2)c(=O)n1C[C@H]1C[C@@H]1Cc1ccc(C#N)cc1. The second-order valence-electron chi connectivity index (χ2n) is 8.42. The third-order valence-corrected chi connectivity index (χ3v) is 7.17. The number of nitrogens with zero attached hydrogens (tertiary/aromatic N) is 2. The van der Waals surface area contributed by atoms with Crippen LogP contribution in [0.25, 0.3) is 0 Å². The van der Waals surface area contributed by atoms with Crippen molar-refractivity contribution in [2.75, 3.05) is 4.72 Å². The van der Waals surface area contributed by atoms with Crippen LogP contribution in [0, 0.1) is 30.1 Å². The number of pyridine rings is 1. The van der Waals surface area contributed by atoms with Gasteiger partial charge in [-0.1, -0.05) is 42.5 Å². The number of anilines is 1. The normalized spacial score (nSPS) is 17.5. The number of benzene rings is 2. The predicted octanol–water partition coefficient (Wildman–Crippen LogP) is 3.85. The van der Waals surface area contributed by atoms with Crippen LogP contribution in [-0.2, 0) is 28.7 Å². The Morgan fingerprint density at radius 3 is 2.41 bits per heavy atom. The van der Waals surface area contributed by atoms with Crippen molar-refractivity contribution < 1.29 is 8.42 Å². The zero-order valence-electron chi connectivity index (χ0n) is 17.9. The molecule has 1 heterocycles. The number of rotatable bonds is 8. The highest BCUT2D eigenvalue weighted by Gasteiger charge is 2.37. The van der Waals surface area contributed by atoms with Crippen LogP contribution in [0.4, 0.5) is 5.69 Å². The first-order valence-electron chi connectivity index (χ1n) is 10.6. The first kappa shape index (κ1) is 21.8. The molecule has 1 aromatic heterocycles. The zero-order chi connectivity index (χ0) is 22.7. The number of aryl methyl sites for hydroxylation is 1. The van der Waals surface area contributed by atoms with E-state index in [9.17, 15) is 13.2 Å². The first-order valence-corrected chi connectivity index (χ1v) is 12.2. The van der Waals surface area contributed by atoms with E-state index in [0.717, 1.165) is 18.5 Å². The van der Waals surface area contributed by atoms with Gasteiger partial charge in [0.05, 0.1) is 17.4 Å². The summed E-state index contributed by atoms with van der Waals surface area (Å²) in [5.74, 6) is 0.669. The van der Waals surface area contributed by atoms with Crippen LogP contribution >= 0.6 is 0 Å². The van der Waals surface area contributed by atoms with Crippen LogP contribution in [0.2, 0.25) is 0 Å². The Hall–Kier alpha value is -3.37. The van der Waals surface area contributed by atoms with Crippen LogP contribution in [0.3, 0.4) is 0 Å². The number of hydrogen-bond acceptors (Lipinski definition) is 4. The molecule has 2 aromatic carbocycles. The molecule has 32 heavy (non-hydrogen) atoms. The summed E-state index contributed by atoms with van der Waals surface area (Å²) >= 11 is 0. The van der Waals surface area contributed by atoms with Crippen molar-refractivity contribution in [3.8, 4) is 6.07 Å². The Morgan fingerprint density at radius 2 is 1.72 bits per heavy atom. The Kier molecular flexibility index (Phi) is 6.15. The number of nitriles is 1. The molecule has 0 amide bonds. The van der Waals surface area contributed by atoms with Crippen LogP contribution in [0.15, 0.2) is 71.5 Å². The molecule has 7 heteroatoms. The quantitative estimate of drug-likeness (QED) is 0.568. The van der Waals surface area contributed by atoms with Crippen LogP contribution in [-0.4, -0.2) is 13.0 Å². The molecule has 0 aliphatic heterocycles. The van der Waals surface area contributed by atoms with E-state index in [1.165, 1.54) is 11.6 Å². The van der Waals surface area contributed by atoms with Gasteiger partial charge >= 0.3 is 0 Å². The molecule has 0 radical (unpaired) electrons. The minimum atomic E-state index is -3.70. The summed E-state index contributed by atoms with van der Waals surface area (Å²) in [6.07, 6.45) is 1.93. The van der Waals surface area contributed by atoms with Gasteiger partial charge in [0.2, 0.25) is 10.0 Å². The fraction of sp³-hybridized carbons (Fsp3) is 0.280. The van der Waals surface area contributed by atoms with E-state index in [2.05, 4.69) is 10.8 Å². The van der Waals surface area contributed by atoms with Crippen molar-refractivity contribution in [3.63, 3.8) is 0 Å². The highest BCUT2D eigenvalue weighted by Crippen LogP contribution is 2.42. The predicted molar refractivity (Wildman–Crippen MR) is 125 cm³/mol. The maximum absolute atomic E-state index is 13.0. The van der Waals surface area contributed by atoms with Gasteiger partial charge in [-0.15, -0.1) is 0 Å². The second kappa shape index (κ2) is 9.01. The number of hydrogen-bond donors (Lipinski definition) is 1. The molecule has 3 aromatic rings. The largest absolute Gasteiger partial charge is 0.311 e. The molecule has 1 saturated carbocycles. The molecular weight excluding hydrogens is 422 g/mol. The van der Waals surface area contributed by atoms with E-state index in [-0.39, 0.29) is 17.0 Å². The topological polar surface area (TPSA) is 92.0 Å². The van der Waals surface area contributed by atoms with Gasteiger partial charge in [-0.2, -0.15) is 5.26 Å². The number of nitrogens with one attached hydrogen (secondary N) is 1. The number of aromatic nitrogens is 1. The fourth-order valence-electron chi connectivity index (χ4n) is 4.01. The molecule has 1 N–H and O–H groups in total. The molecule has 0 saturated heterocycles. The van der Waals surface area contributed by atoms with Gasteiger partial charge in [0.15, 0.2) is 0 Å². The Balaban J connectivity index is 1.43. The molecule has 4 rings (SSSR count). The summed E-state index contributed by atoms with van der Waals surface area (Å²) in [7, 11) is -3.70. The van der Waals surface area contributed by atoms with E-state index in [0.29, 0.717) is 29.5 Å². The van der Waals surface area contributed by atoms with E-state index in [1.54, 1.807) is 34.9 Å². The summed E-state index contributed by atoms with van der Waals surface area (Å²) in [6, 6.07) is 21.9. The molecule has 0 unspecified atom stereocenters. The molecular formula is C25H25N3O3S. The van der Waals surface area contributed by atoms with Gasteiger partial charge in [0.25, 0.3) is 5.56 Å². The third-order valence-electron chi connectivity index (χ3n) is 5.92. The zero-order valence-corrected chi connectivity index (χ0v) is 18.7. The van der Waals surface area contributed by atoms with Crippen molar-refractivity contribution in [3.05, 3.63) is 99.5 Å². The van der Waals surface area contributed by atoms with E-state index < -0.39 is 10.0 Å². The average molecular weight is 448 g/mol. The standard InChI is InChI=1S/C25H25N3O3S/c1-18-7-12-24(27-32(30,31)17-21-5-3-2-4-6-21)25(29)28(18)16-23-14-22(23)13-19-8-10-20(15-26)11-9-19/h2-12,22-23,27H,13-14,16-17H2,1H3/t22-,23+/m0/s1. The van der Waals surface area contributed by atoms with Gasteiger partial charge in [-0.25, -0.2) is 8.42 Å². The summed E-state index contributed by atoms with van der Waals surface area (Å²) in [6.45, 7) is 2.43. The Labute approximate surface area is 188 Å². The van der Waals surface area contributed by atoms with E-state index in [4.69, 9.17) is 5.26 Å². The maximum Gasteiger partial charge on any atom is 0.275 e. The molecule has 0 bridgehead atoms. The lowest BCUT2D eigenvalue weighted by atomic mass is 10.1. The van der Waals surface area contributed by atoms with Crippen molar-refractivity contribution >= 4 is 15.7 Å². The van der Waals surface area contributed by atoms with Gasteiger partial charge < -0.3 is 4.57 Å². The molecule has 1 aliphatic rings. The van der Waals surface area contributed by atoms with E-state index >= 15 is 0 Å². The third kappa shape index (κ3) is 5.27. The Morgan fingerprint density at radius 1 is 1.00 bits per heavy atom. The number of sulfonamides is 1. The smallest absolute Gasteiger partial charge is 0.275 e.